The van der Waals surface area contributed by atoms with E-state index in [-0.39, 0.29) is 6.61 Å². The number of hydrogen-bond acceptors (Lipinski definition) is 3. The normalized spacial score (nSPS) is 14.3. The van der Waals surface area contributed by atoms with E-state index in [4.69, 9.17) is 5.73 Å². The molecule has 0 saturated heterocycles. The highest BCUT2D eigenvalue weighted by Gasteiger charge is 2.41. The molecule has 8 heteroatoms. The van der Waals surface area contributed by atoms with E-state index in [0.29, 0.717) is 5.69 Å². The minimum Gasteiger partial charge on any atom is -0.373 e. The summed E-state index contributed by atoms with van der Waals surface area (Å²) in [6.07, 6.45) is -2.11. The number of ether oxygens (including phenoxy) is 1. The van der Waals surface area contributed by atoms with Crippen molar-refractivity contribution in [3.8, 4) is 0 Å². The Morgan fingerprint density at radius 3 is 2.65 bits per heavy atom. The number of hydrogen-bond donors (Lipinski definition) is 1. The van der Waals surface area contributed by atoms with Crippen LogP contribution >= 0.6 is 0 Å². The van der Waals surface area contributed by atoms with Crippen molar-refractivity contribution in [2.75, 3.05) is 13.2 Å². The van der Waals surface area contributed by atoms with Gasteiger partial charge in [0.2, 0.25) is 0 Å². The second kappa shape index (κ2) is 5.46. The van der Waals surface area contributed by atoms with E-state index in [0.717, 1.165) is 0 Å². The van der Waals surface area contributed by atoms with Crippen molar-refractivity contribution in [1.29, 1.82) is 0 Å². The topological polar surface area (TPSA) is 53.1 Å². The second-order valence-corrected chi connectivity index (χ2v) is 3.60. The van der Waals surface area contributed by atoms with Crippen molar-refractivity contribution in [3.05, 3.63) is 18.0 Å². The smallest absolute Gasteiger partial charge is 0.330 e. The molecule has 0 saturated carbocycles. The average Bonchev–Trinajstić information content (AvgIpc) is 2.64. The van der Waals surface area contributed by atoms with Crippen molar-refractivity contribution in [2.45, 2.75) is 18.4 Å². The van der Waals surface area contributed by atoms with E-state index < -0.39 is 25.0 Å². The van der Waals surface area contributed by atoms with Crippen LogP contribution in [0.4, 0.5) is 17.6 Å². The maximum absolute atomic E-state index is 12.5. The van der Waals surface area contributed by atoms with E-state index in [2.05, 4.69) is 9.84 Å². The number of nitrogens with zero attached hydrogens (tertiary/aromatic N) is 2. The summed E-state index contributed by atoms with van der Waals surface area (Å²) < 4.78 is 54.5. The summed E-state index contributed by atoms with van der Waals surface area (Å²) in [6, 6.07) is 0.879. The highest BCUT2D eigenvalue weighted by molar-refractivity contribution is 5.04. The molecule has 0 amide bonds. The van der Waals surface area contributed by atoms with Gasteiger partial charge in [-0.25, -0.2) is 8.78 Å². The lowest BCUT2D eigenvalue weighted by Gasteiger charge is -2.16. The lowest BCUT2D eigenvalue weighted by Crippen LogP contribution is -2.33. The summed E-state index contributed by atoms with van der Waals surface area (Å²) in [4.78, 5) is 0. The molecule has 0 radical (unpaired) electrons. The molecule has 1 atom stereocenters. The van der Waals surface area contributed by atoms with Crippen molar-refractivity contribution >= 4 is 0 Å². The number of alkyl halides is 4. The van der Waals surface area contributed by atoms with E-state index in [1.165, 1.54) is 4.68 Å². The van der Waals surface area contributed by atoms with Gasteiger partial charge in [0.05, 0.1) is 18.3 Å². The molecule has 0 fully saturated rings. The molecule has 17 heavy (non-hydrogen) atoms. The monoisotopic (exact) mass is 255 g/mol. The summed E-state index contributed by atoms with van der Waals surface area (Å²) in [7, 11) is 1.67. The third kappa shape index (κ3) is 3.97. The van der Waals surface area contributed by atoms with Crippen molar-refractivity contribution < 1.29 is 22.3 Å². The Balaban J connectivity index is 2.37. The largest absolute Gasteiger partial charge is 0.373 e. The number of halogens is 4. The molecule has 1 heterocycles. The number of aromatic nitrogens is 2. The van der Waals surface area contributed by atoms with Crippen LogP contribution in [0, 0.1) is 0 Å². The molecule has 0 aromatic carbocycles. The Morgan fingerprint density at radius 1 is 1.53 bits per heavy atom. The van der Waals surface area contributed by atoms with Gasteiger partial charge < -0.3 is 10.5 Å². The maximum atomic E-state index is 12.5. The van der Waals surface area contributed by atoms with Crippen molar-refractivity contribution in [2.24, 2.45) is 12.8 Å². The van der Waals surface area contributed by atoms with Gasteiger partial charge in [0.1, 0.15) is 6.61 Å². The molecule has 1 aromatic heterocycles. The van der Waals surface area contributed by atoms with Crippen molar-refractivity contribution in [3.63, 3.8) is 0 Å². The Labute approximate surface area is 95.3 Å². The molecule has 4 nitrogen and oxygen atoms in total. The summed E-state index contributed by atoms with van der Waals surface area (Å²) in [5, 5.41) is 3.94. The average molecular weight is 255 g/mol. The van der Waals surface area contributed by atoms with Crippen LogP contribution in [0.25, 0.3) is 0 Å². The van der Waals surface area contributed by atoms with Crippen LogP contribution < -0.4 is 5.73 Å². The van der Waals surface area contributed by atoms with Crippen LogP contribution in [0.5, 0.6) is 0 Å². The van der Waals surface area contributed by atoms with E-state index in [1.807, 2.05) is 0 Å². The maximum Gasteiger partial charge on any atom is 0.330 e. The van der Waals surface area contributed by atoms with Crippen molar-refractivity contribution in [1.82, 2.24) is 9.78 Å². The van der Waals surface area contributed by atoms with Gasteiger partial charge in [-0.1, -0.05) is 0 Å². The minimum absolute atomic E-state index is 0.292. The SMILES string of the molecule is Cn1ccc(C(N)COCC(F)(F)C(F)F)n1. The molecule has 0 bridgehead atoms. The molecule has 2 N–H and O–H groups in total. The zero-order chi connectivity index (χ0) is 13.1. The van der Waals surface area contributed by atoms with Crippen LogP contribution in [0.3, 0.4) is 0 Å². The lowest BCUT2D eigenvalue weighted by atomic mass is 10.2. The van der Waals surface area contributed by atoms with E-state index in [9.17, 15) is 17.6 Å². The third-order valence-corrected chi connectivity index (χ3v) is 2.03. The lowest BCUT2D eigenvalue weighted by molar-refractivity contribution is -0.166. The van der Waals surface area contributed by atoms with Gasteiger partial charge >= 0.3 is 12.3 Å². The third-order valence-electron chi connectivity index (χ3n) is 2.03. The van der Waals surface area contributed by atoms with Gasteiger partial charge in [-0.3, -0.25) is 4.68 Å². The molecule has 0 spiro atoms. The molecule has 0 aliphatic rings. The molecule has 1 aromatic rings. The molecular weight excluding hydrogens is 242 g/mol. The van der Waals surface area contributed by atoms with Gasteiger partial charge in [0.25, 0.3) is 0 Å². The van der Waals surface area contributed by atoms with Crippen LogP contribution in [-0.4, -0.2) is 35.3 Å². The first kappa shape index (κ1) is 13.9. The highest BCUT2D eigenvalue weighted by Crippen LogP contribution is 2.23. The Kier molecular flexibility index (Phi) is 4.47. The summed E-state index contributed by atoms with van der Waals surface area (Å²) in [5.74, 6) is -4.15. The van der Waals surface area contributed by atoms with Crippen LogP contribution in [0.2, 0.25) is 0 Å². The van der Waals surface area contributed by atoms with Gasteiger partial charge in [-0.2, -0.15) is 13.9 Å². The van der Waals surface area contributed by atoms with Gasteiger partial charge in [-0.15, -0.1) is 0 Å². The Bertz CT molecular complexity index is 356. The first-order chi connectivity index (χ1) is 7.83. The molecular formula is C9H13F4N3O. The molecule has 1 unspecified atom stereocenters. The minimum atomic E-state index is -4.15. The van der Waals surface area contributed by atoms with E-state index >= 15 is 0 Å². The first-order valence-corrected chi connectivity index (χ1v) is 4.82. The number of nitrogens with two attached hydrogens (primary N) is 1. The predicted octanol–water partition coefficient (Wildman–Crippen LogP) is 1.34. The molecule has 1 rings (SSSR count). The standard InChI is InChI=1S/C9H13F4N3O/c1-16-3-2-7(15-16)6(14)4-17-5-9(12,13)8(10)11/h2-3,6,8H,4-5,14H2,1H3. The molecule has 0 aliphatic heterocycles. The fraction of sp³-hybridized carbons (Fsp3) is 0.667. The van der Waals surface area contributed by atoms with Crippen LogP contribution in [0.15, 0.2) is 12.3 Å². The second-order valence-electron chi connectivity index (χ2n) is 3.60. The molecule has 98 valence electrons. The highest BCUT2D eigenvalue weighted by atomic mass is 19.3. The number of rotatable bonds is 6. The van der Waals surface area contributed by atoms with Gasteiger partial charge in [0, 0.05) is 13.2 Å². The zero-order valence-corrected chi connectivity index (χ0v) is 9.12. The van der Waals surface area contributed by atoms with Crippen LogP contribution in [0.1, 0.15) is 11.7 Å². The predicted molar refractivity (Wildman–Crippen MR) is 51.9 cm³/mol. The summed E-state index contributed by atoms with van der Waals surface area (Å²) >= 11 is 0. The Hall–Kier alpha value is -1.15. The summed E-state index contributed by atoms with van der Waals surface area (Å²) in [6.45, 7) is -1.65. The fourth-order valence-corrected chi connectivity index (χ4v) is 1.10. The first-order valence-electron chi connectivity index (χ1n) is 4.82. The van der Waals surface area contributed by atoms with Crippen LogP contribution in [-0.2, 0) is 11.8 Å². The van der Waals surface area contributed by atoms with E-state index in [1.54, 1.807) is 19.3 Å². The summed E-state index contributed by atoms with van der Waals surface area (Å²) in [5.41, 5.74) is 6.03. The Morgan fingerprint density at radius 2 is 2.18 bits per heavy atom. The fourth-order valence-electron chi connectivity index (χ4n) is 1.10. The molecule has 0 aliphatic carbocycles. The quantitative estimate of drug-likeness (QED) is 0.780. The zero-order valence-electron chi connectivity index (χ0n) is 9.12. The van der Waals surface area contributed by atoms with Gasteiger partial charge in [0.15, 0.2) is 0 Å². The number of aryl methyl sites for hydroxylation is 1. The van der Waals surface area contributed by atoms with Gasteiger partial charge in [-0.05, 0) is 6.07 Å².